The lowest BCUT2D eigenvalue weighted by atomic mass is 10.2. The minimum Gasteiger partial charge on any atom is -0.395 e. The number of hydrogen-bond acceptors (Lipinski definition) is 5. The van der Waals surface area contributed by atoms with Gasteiger partial charge in [-0.15, -0.1) is 0 Å². The molecule has 0 spiro atoms. The van der Waals surface area contributed by atoms with Gasteiger partial charge in [0, 0.05) is 32.7 Å². The van der Waals surface area contributed by atoms with Gasteiger partial charge in [-0.1, -0.05) is 60.7 Å². The molecule has 0 unspecified atom stereocenters. The topological polar surface area (TPSA) is 76.0 Å². The van der Waals surface area contributed by atoms with Crippen molar-refractivity contribution in [3.8, 4) is 0 Å². The van der Waals surface area contributed by atoms with Crippen LogP contribution >= 0.6 is 0 Å². The first-order valence-corrected chi connectivity index (χ1v) is 9.06. The first-order valence-electron chi connectivity index (χ1n) is 9.06. The summed E-state index contributed by atoms with van der Waals surface area (Å²) in [6, 6.07) is 20.2. The van der Waals surface area contributed by atoms with Gasteiger partial charge in [0.05, 0.1) is 19.3 Å². The Morgan fingerprint density at radius 2 is 1.46 bits per heavy atom. The van der Waals surface area contributed by atoms with E-state index in [0.717, 1.165) is 13.1 Å². The summed E-state index contributed by atoms with van der Waals surface area (Å²) in [5.74, 6) is 0. The van der Waals surface area contributed by atoms with Crippen LogP contribution in [-0.4, -0.2) is 59.2 Å². The maximum atomic E-state index is 9.30. The summed E-state index contributed by atoms with van der Waals surface area (Å²) in [4.78, 5) is 2.04. The Morgan fingerprint density at radius 1 is 0.885 bits per heavy atom. The number of benzene rings is 2. The van der Waals surface area contributed by atoms with Crippen LogP contribution in [0.25, 0.3) is 0 Å². The van der Waals surface area contributed by atoms with Crippen molar-refractivity contribution in [2.24, 2.45) is 0 Å². The standard InChI is InChI=1S/C12H19NO2.C9H13NO/c1-11(15)9-13(7-8-14)10-12-5-3-2-4-6-12;11-7-6-10-8-9-4-2-1-3-5-9/h2-6,11,14-15H,7-10H2,1H3;1-5,10-11H,6-8H2/t11-;/m0./s1. The number of nitrogens with one attached hydrogen (secondary N) is 1. The summed E-state index contributed by atoms with van der Waals surface area (Å²) in [5.41, 5.74) is 2.45. The average molecular weight is 360 g/mol. The van der Waals surface area contributed by atoms with Crippen molar-refractivity contribution in [2.75, 3.05) is 32.8 Å². The second kappa shape index (κ2) is 14.4. The van der Waals surface area contributed by atoms with Crippen molar-refractivity contribution in [2.45, 2.75) is 26.1 Å². The molecule has 2 aromatic carbocycles. The molecule has 0 aromatic heterocycles. The molecule has 2 rings (SSSR count). The predicted octanol–water partition coefficient (Wildman–Crippen LogP) is 1.63. The molecule has 5 heteroatoms. The zero-order chi connectivity index (χ0) is 19.0. The molecule has 0 heterocycles. The van der Waals surface area contributed by atoms with Crippen LogP contribution in [0, 0.1) is 0 Å². The first kappa shape index (κ1) is 22.3. The second-order valence-corrected chi connectivity index (χ2v) is 6.18. The summed E-state index contributed by atoms with van der Waals surface area (Å²) in [5, 5.41) is 29.8. The molecule has 0 bridgehead atoms. The molecular formula is C21H32N2O3. The lowest BCUT2D eigenvalue weighted by Gasteiger charge is -2.22. The quantitative estimate of drug-likeness (QED) is 0.485. The summed E-state index contributed by atoms with van der Waals surface area (Å²) in [7, 11) is 0. The van der Waals surface area contributed by atoms with Crippen molar-refractivity contribution >= 4 is 0 Å². The SMILES string of the molecule is C[C@H](O)CN(CCO)Cc1ccccc1.OCCNCc1ccccc1. The van der Waals surface area contributed by atoms with Crippen LogP contribution in [0.1, 0.15) is 18.1 Å². The molecule has 4 N–H and O–H groups in total. The van der Waals surface area contributed by atoms with E-state index in [1.54, 1.807) is 6.92 Å². The highest BCUT2D eigenvalue weighted by molar-refractivity contribution is 5.15. The molecule has 0 aliphatic carbocycles. The number of aliphatic hydroxyl groups excluding tert-OH is 3. The Hall–Kier alpha value is -1.76. The molecule has 2 aromatic rings. The van der Waals surface area contributed by atoms with Gasteiger partial charge in [-0.25, -0.2) is 0 Å². The van der Waals surface area contributed by atoms with Crippen LogP contribution in [0.15, 0.2) is 60.7 Å². The Balaban J connectivity index is 0.000000273. The van der Waals surface area contributed by atoms with E-state index in [-0.39, 0.29) is 19.3 Å². The van der Waals surface area contributed by atoms with Crippen LogP contribution in [0.4, 0.5) is 0 Å². The lowest BCUT2D eigenvalue weighted by molar-refractivity contribution is 0.107. The molecule has 0 aliphatic rings. The van der Waals surface area contributed by atoms with Crippen LogP contribution in [-0.2, 0) is 13.1 Å². The minimum absolute atomic E-state index is 0.125. The highest BCUT2D eigenvalue weighted by atomic mass is 16.3. The largest absolute Gasteiger partial charge is 0.395 e. The molecule has 0 amide bonds. The molecular weight excluding hydrogens is 328 g/mol. The molecule has 0 radical (unpaired) electrons. The zero-order valence-electron chi connectivity index (χ0n) is 15.6. The number of rotatable bonds is 10. The third kappa shape index (κ3) is 11.0. The Bertz CT molecular complexity index is 550. The summed E-state index contributed by atoms with van der Waals surface area (Å²) in [6.07, 6.45) is -0.361. The smallest absolute Gasteiger partial charge is 0.0639 e. The molecule has 0 fully saturated rings. The van der Waals surface area contributed by atoms with E-state index < -0.39 is 0 Å². The zero-order valence-corrected chi connectivity index (χ0v) is 15.6. The van der Waals surface area contributed by atoms with Crippen molar-refractivity contribution in [3.05, 3.63) is 71.8 Å². The van der Waals surface area contributed by atoms with E-state index >= 15 is 0 Å². The van der Waals surface area contributed by atoms with Crippen molar-refractivity contribution in [1.29, 1.82) is 0 Å². The summed E-state index contributed by atoms with van der Waals surface area (Å²) >= 11 is 0. The Morgan fingerprint density at radius 3 is 1.96 bits per heavy atom. The second-order valence-electron chi connectivity index (χ2n) is 6.18. The van der Waals surface area contributed by atoms with Crippen LogP contribution < -0.4 is 5.32 Å². The van der Waals surface area contributed by atoms with Crippen LogP contribution in [0.3, 0.4) is 0 Å². The highest BCUT2D eigenvalue weighted by Gasteiger charge is 2.07. The maximum absolute atomic E-state index is 9.30. The van der Waals surface area contributed by atoms with E-state index in [1.165, 1.54) is 11.1 Å². The van der Waals surface area contributed by atoms with Gasteiger partial charge in [-0.3, -0.25) is 4.90 Å². The van der Waals surface area contributed by atoms with Crippen molar-refractivity contribution in [1.82, 2.24) is 10.2 Å². The summed E-state index contributed by atoms with van der Waals surface area (Å²) in [6.45, 7) is 5.54. The van der Waals surface area contributed by atoms with Gasteiger partial charge >= 0.3 is 0 Å². The van der Waals surface area contributed by atoms with Gasteiger partial charge in [0.2, 0.25) is 0 Å². The van der Waals surface area contributed by atoms with Gasteiger partial charge < -0.3 is 20.6 Å². The Labute approximate surface area is 156 Å². The van der Waals surface area contributed by atoms with Crippen LogP contribution in [0.5, 0.6) is 0 Å². The normalized spacial score (nSPS) is 11.7. The van der Waals surface area contributed by atoms with E-state index in [9.17, 15) is 5.11 Å². The average Bonchev–Trinajstić information content (AvgIpc) is 2.64. The fraction of sp³-hybridized carbons (Fsp3) is 0.429. The molecule has 144 valence electrons. The third-order valence-electron chi connectivity index (χ3n) is 3.65. The summed E-state index contributed by atoms with van der Waals surface area (Å²) < 4.78 is 0. The van der Waals surface area contributed by atoms with E-state index in [1.807, 2.05) is 53.4 Å². The van der Waals surface area contributed by atoms with Crippen molar-refractivity contribution in [3.63, 3.8) is 0 Å². The maximum Gasteiger partial charge on any atom is 0.0639 e. The van der Waals surface area contributed by atoms with Gasteiger partial charge in [-0.05, 0) is 18.1 Å². The molecule has 0 aliphatic heterocycles. The van der Waals surface area contributed by atoms with Crippen LogP contribution in [0.2, 0.25) is 0 Å². The minimum atomic E-state index is -0.361. The Kier molecular flexibility index (Phi) is 12.4. The fourth-order valence-electron chi connectivity index (χ4n) is 2.50. The number of hydrogen-bond donors (Lipinski definition) is 4. The van der Waals surface area contributed by atoms with Gasteiger partial charge in [0.25, 0.3) is 0 Å². The molecule has 0 saturated carbocycles. The highest BCUT2D eigenvalue weighted by Crippen LogP contribution is 2.04. The number of aliphatic hydroxyl groups is 3. The fourth-order valence-corrected chi connectivity index (χ4v) is 2.50. The number of nitrogens with zero attached hydrogens (tertiary/aromatic N) is 1. The third-order valence-corrected chi connectivity index (χ3v) is 3.65. The molecule has 26 heavy (non-hydrogen) atoms. The molecule has 0 saturated heterocycles. The van der Waals surface area contributed by atoms with Gasteiger partial charge in [0.15, 0.2) is 0 Å². The van der Waals surface area contributed by atoms with Gasteiger partial charge in [-0.2, -0.15) is 0 Å². The van der Waals surface area contributed by atoms with E-state index in [0.29, 0.717) is 19.6 Å². The predicted molar refractivity (Wildman–Crippen MR) is 106 cm³/mol. The monoisotopic (exact) mass is 360 g/mol. The van der Waals surface area contributed by atoms with Crippen molar-refractivity contribution < 1.29 is 15.3 Å². The van der Waals surface area contributed by atoms with E-state index in [2.05, 4.69) is 17.4 Å². The molecule has 1 atom stereocenters. The van der Waals surface area contributed by atoms with Gasteiger partial charge in [0.1, 0.15) is 0 Å². The van der Waals surface area contributed by atoms with E-state index in [4.69, 9.17) is 10.2 Å². The first-order chi connectivity index (χ1) is 12.7. The lowest BCUT2D eigenvalue weighted by Crippen LogP contribution is -2.32. The molecule has 5 nitrogen and oxygen atoms in total.